The topological polar surface area (TPSA) is 51.6 Å². The van der Waals surface area contributed by atoms with Crippen LogP contribution < -0.4 is 4.74 Å². The van der Waals surface area contributed by atoms with E-state index < -0.39 is 0 Å². The van der Waals surface area contributed by atoms with E-state index in [-0.39, 0.29) is 0 Å². The van der Waals surface area contributed by atoms with Gasteiger partial charge in [-0.15, -0.1) is 0 Å². The predicted octanol–water partition coefficient (Wildman–Crippen LogP) is 2.12. The van der Waals surface area contributed by atoms with E-state index >= 15 is 0 Å². The number of isocyanates is 1. The molecule has 1 aromatic carbocycles. The molecule has 4 heteroatoms. The van der Waals surface area contributed by atoms with E-state index in [1.54, 1.807) is 19.4 Å². The SMILES string of the molecule is COc1ccc2nccc(CCN=C=O)c2c1. The quantitative estimate of drug-likeness (QED) is 0.595. The van der Waals surface area contributed by atoms with Crippen LogP contribution in [0.15, 0.2) is 35.5 Å². The number of fused-ring (bicyclic) bond motifs is 1. The van der Waals surface area contributed by atoms with Crippen LogP contribution >= 0.6 is 0 Å². The first kappa shape index (κ1) is 11.3. The fourth-order valence-electron chi connectivity index (χ4n) is 1.75. The number of rotatable bonds is 4. The van der Waals surface area contributed by atoms with Crippen LogP contribution in [-0.2, 0) is 11.2 Å². The van der Waals surface area contributed by atoms with Crippen molar-refractivity contribution in [3.8, 4) is 5.75 Å². The van der Waals surface area contributed by atoms with Gasteiger partial charge in [-0.25, -0.2) is 9.79 Å². The fraction of sp³-hybridized carbons (Fsp3) is 0.231. The molecule has 0 fully saturated rings. The Hall–Kier alpha value is -2.19. The number of ether oxygens (including phenoxy) is 1. The lowest BCUT2D eigenvalue weighted by Crippen LogP contribution is -1.93. The van der Waals surface area contributed by atoms with Gasteiger partial charge in [0.05, 0.1) is 19.2 Å². The zero-order valence-electron chi connectivity index (χ0n) is 9.51. The summed E-state index contributed by atoms with van der Waals surface area (Å²) in [5, 5.41) is 1.04. The lowest BCUT2D eigenvalue weighted by molar-refractivity contribution is 0.415. The number of benzene rings is 1. The second-order valence-corrected chi connectivity index (χ2v) is 3.58. The van der Waals surface area contributed by atoms with Gasteiger partial charge in [-0.2, -0.15) is 0 Å². The van der Waals surface area contributed by atoms with Crippen molar-refractivity contribution in [1.29, 1.82) is 0 Å². The molecular formula is C13H12N2O2. The summed E-state index contributed by atoms with van der Waals surface area (Å²) >= 11 is 0. The summed E-state index contributed by atoms with van der Waals surface area (Å²) in [6.07, 6.45) is 4.00. The number of aliphatic imine (C=N–C) groups is 1. The molecule has 2 rings (SSSR count). The van der Waals surface area contributed by atoms with E-state index in [4.69, 9.17) is 4.74 Å². The third kappa shape index (κ3) is 2.49. The zero-order chi connectivity index (χ0) is 12.1. The van der Waals surface area contributed by atoms with Crippen LogP contribution in [0.4, 0.5) is 0 Å². The number of aromatic nitrogens is 1. The van der Waals surface area contributed by atoms with E-state index in [9.17, 15) is 4.79 Å². The first-order valence-electron chi connectivity index (χ1n) is 5.30. The maximum atomic E-state index is 10.0. The Morgan fingerprint density at radius 1 is 1.41 bits per heavy atom. The van der Waals surface area contributed by atoms with Crippen LogP contribution in [-0.4, -0.2) is 24.7 Å². The lowest BCUT2D eigenvalue weighted by atomic mass is 10.1. The molecule has 0 N–H and O–H groups in total. The van der Waals surface area contributed by atoms with Gasteiger partial charge >= 0.3 is 0 Å². The Labute approximate surface area is 99.0 Å². The average molecular weight is 228 g/mol. The van der Waals surface area contributed by atoms with Crippen molar-refractivity contribution in [3.63, 3.8) is 0 Å². The van der Waals surface area contributed by atoms with Crippen LogP contribution in [0.25, 0.3) is 10.9 Å². The first-order valence-corrected chi connectivity index (χ1v) is 5.30. The predicted molar refractivity (Wildman–Crippen MR) is 65.0 cm³/mol. The van der Waals surface area contributed by atoms with E-state index in [1.165, 1.54) is 0 Å². The number of nitrogens with zero attached hydrogens (tertiary/aromatic N) is 2. The summed E-state index contributed by atoms with van der Waals surface area (Å²) in [6, 6.07) is 7.67. The van der Waals surface area contributed by atoms with Gasteiger partial charge in [0, 0.05) is 11.6 Å². The highest BCUT2D eigenvalue weighted by atomic mass is 16.5. The number of hydrogen-bond donors (Lipinski definition) is 0. The van der Waals surface area contributed by atoms with Crippen LogP contribution in [0.2, 0.25) is 0 Å². The molecule has 4 nitrogen and oxygen atoms in total. The Bertz CT molecular complexity index is 575. The van der Waals surface area contributed by atoms with Crippen molar-refractivity contribution in [2.45, 2.75) is 6.42 Å². The van der Waals surface area contributed by atoms with Crippen molar-refractivity contribution in [1.82, 2.24) is 4.98 Å². The standard InChI is InChI=1S/C13H12N2O2/c1-17-11-2-3-13-12(8-11)10(5-7-15-13)4-6-14-9-16/h2-3,5,7-8H,4,6H2,1H3. The molecule has 0 spiro atoms. The van der Waals surface area contributed by atoms with E-state index in [2.05, 4.69) is 9.98 Å². The van der Waals surface area contributed by atoms with Crippen LogP contribution in [0.1, 0.15) is 5.56 Å². The smallest absolute Gasteiger partial charge is 0.234 e. The molecule has 1 heterocycles. The summed E-state index contributed by atoms with van der Waals surface area (Å²) in [6.45, 7) is 0.444. The van der Waals surface area contributed by atoms with E-state index in [0.717, 1.165) is 22.2 Å². The molecule has 0 aliphatic heterocycles. The first-order chi connectivity index (χ1) is 8.35. The minimum atomic E-state index is 0.444. The molecule has 17 heavy (non-hydrogen) atoms. The monoisotopic (exact) mass is 228 g/mol. The van der Waals surface area contributed by atoms with E-state index in [0.29, 0.717) is 13.0 Å². The van der Waals surface area contributed by atoms with Crippen molar-refractivity contribution >= 4 is 17.0 Å². The highest BCUT2D eigenvalue weighted by Gasteiger charge is 2.03. The van der Waals surface area contributed by atoms with Gasteiger partial charge in [0.25, 0.3) is 0 Å². The molecule has 2 aromatic rings. The lowest BCUT2D eigenvalue weighted by Gasteiger charge is -2.06. The Kier molecular flexibility index (Phi) is 3.48. The minimum absolute atomic E-state index is 0.444. The highest BCUT2D eigenvalue weighted by Crippen LogP contribution is 2.22. The second kappa shape index (κ2) is 5.23. The summed E-state index contributed by atoms with van der Waals surface area (Å²) in [5.41, 5.74) is 2.02. The molecule has 0 aliphatic rings. The van der Waals surface area contributed by atoms with Gasteiger partial charge in [-0.3, -0.25) is 4.98 Å². The normalized spacial score (nSPS) is 9.94. The Morgan fingerprint density at radius 2 is 2.29 bits per heavy atom. The largest absolute Gasteiger partial charge is 0.497 e. The maximum Gasteiger partial charge on any atom is 0.234 e. The van der Waals surface area contributed by atoms with Gasteiger partial charge in [0.1, 0.15) is 5.75 Å². The molecule has 0 saturated carbocycles. The van der Waals surface area contributed by atoms with Crippen LogP contribution in [0.3, 0.4) is 0 Å². The van der Waals surface area contributed by atoms with Crippen molar-refractivity contribution < 1.29 is 9.53 Å². The average Bonchev–Trinajstić information content (AvgIpc) is 2.39. The van der Waals surface area contributed by atoms with Crippen LogP contribution in [0, 0.1) is 0 Å². The minimum Gasteiger partial charge on any atom is -0.497 e. The van der Waals surface area contributed by atoms with E-state index in [1.807, 2.05) is 24.3 Å². The third-order valence-corrected chi connectivity index (χ3v) is 2.60. The van der Waals surface area contributed by atoms with Gasteiger partial charge in [-0.1, -0.05) is 0 Å². The Morgan fingerprint density at radius 3 is 3.06 bits per heavy atom. The molecule has 0 unspecified atom stereocenters. The maximum absolute atomic E-state index is 10.0. The summed E-state index contributed by atoms with van der Waals surface area (Å²) in [7, 11) is 1.63. The van der Waals surface area contributed by atoms with Gasteiger partial charge in [-0.05, 0) is 36.2 Å². The molecule has 0 bridgehead atoms. The summed E-state index contributed by atoms with van der Waals surface area (Å²) in [4.78, 5) is 17.9. The molecule has 0 aliphatic carbocycles. The molecule has 0 amide bonds. The second-order valence-electron chi connectivity index (χ2n) is 3.58. The van der Waals surface area contributed by atoms with Crippen molar-refractivity contribution in [3.05, 3.63) is 36.0 Å². The van der Waals surface area contributed by atoms with Gasteiger partial charge in [0.2, 0.25) is 6.08 Å². The summed E-state index contributed by atoms with van der Waals surface area (Å²) in [5.74, 6) is 0.797. The zero-order valence-corrected chi connectivity index (χ0v) is 9.51. The molecule has 0 radical (unpaired) electrons. The highest BCUT2D eigenvalue weighted by molar-refractivity contribution is 5.83. The number of hydrogen-bond acceptors (Lipinski definition) is 4. The Balaban J connectivity index is 2.42. The molecule has 86 valence electrons. The molecular weight excluding hydrogens is 216 g/mol. The van der Waals surface area contributed by atoms with Crippen molar-refractivity contribution in [2.24, 2.45) is 4.99 Å². The van der Waals surface area contributed by atoms with Gasteiger partial charge in [0.15, 0.2) is 0 Å². The number of pyridine rings is 1. The summed E-state index contributed by atoms with van der Waals surface area (Å²) < 4.78 is 5.19. The van der Waals surface area contributed by atoms with Gasteiger partial charge < -0.3 is 4.74 Å². The number of carbonyl (C=O) groups excluding carboxylic acids is 1. The number of methoxy groups -OCH3 is 1. The molecule has 1 aromatic heterocycles. The molecule has 0 saturated heterocycles. The van der Waals surface area contributed by atoms with Crippen molar-refractivity contribution in [2.75, 3.05) is 13.7 Å². The third-order valence-electron chi connectivity index (χ3n) is 2.60. The fourth-order valence-corrected chi connectivity index (χ4v) is 1.75. The molecule has 0 atom stereocenters. The van der Waals surface area contributed by atoms with Crippen LogP contribution in [0.5, 0.6) is 5.75 Å².